The van der Waals surface area contributed by atoms with E-state index in [9.17, 15) is 19.3 Å². The molecule has 0 amide bonds. The molecule has 6 nitrogen and oxygen atoms in total. The van der Waals surface area contributed by atoms with Crippen molar-refractivity contribution in [2.24, 2.45) is 0 Å². The molecule has 19 heavy (non-hydrogen) atoms. The number of hydrogen-bond donors (Lipinski definition) is 2. The molecule has 0 aromatic heterocycles. The van der Waals surface area contributed by atoms with E-state index in [4.69, 9.17) is 5.11 Å². The molecule has 1 atom stereocenters. The first-order valence-electron chi connectivity index (χ1n) is 5.86. The highest BCUT2D eigenvalue weighted by Gasteiger charge is 2.19. The summed E-state index contributed by atoms with van der Waals surface area (Å²) in [6.07, 6.45) is 1.14. The molecule has 0 heterocycles. The first kappa shape index (κ1) is 14.9. The first-order chi connectivity index (χ1) is 8.93. The maximum atomic E-state index is 13.0. The largest absolute Gasteiger partial charge is 0.481 e. The Hall–Kier alpha value is -2.18. The summed E-state index contributed by atoms with van der Waals surface area (Å²) in [6.45, 7) is 1.88. The Labute approximate surface area is 109 Å². The summed E-state index contributed by atoms with van der Waals surface area (Å²) in [4.78, 5) is 20.8. The molecule has 2 N–H and O–H groups in total. The van der Waals surface area contributed by atoms with Gasteiger partial charge in [0.1, 0.15) is 11.5 Å². The van der Waals surface area contributed by atoms with Crippen LogP contribution in [0.15, 0.2) is 18.2 Å². The summed E-state index contributed by atoms with van der Waals surface area (Å²) in [5.74, 6) is -1.70. The summed E-state index contributed by atoms with van der Waals surface area (Å²) in [6, 6.07) is 2.73. The lowest BCUT2D eigenvalue weighted by molar-refractivity contribution is -0.384. The molecule has 1 aromatic carbocycles. The van der Waals surface area contributed by atoms with Crippen LogP contribution in [0.5, 0.6) is 0 Å². The highest BCUT2D eigenvalue weighted by Crippen LogP contribution is 2.26. The van der Waals surface area contributed by atoms with E-state index >= 15 is 0 Å². The van der Waals surface area contributed by atoms with Crippen LogP contribution in [-0.4, -0.2) is 22.0 Å². The van der Waals surface area contributed by atoms with Crippen molar-refractivity contribution in [3.63, 3.8) is 0 Å². The molecule has 0 aliphatic rings. The number of anilines is 1. The number of carboxylic acid groups (broad SMARTS) is 1. The van der Waals surface area contributed by atoms with Gasteiger partial charge in [-0.05, 0) is 18.6 Å². The maximum absolute atomic E-state index is 13.0. The minimum Gasteiger partial charge on any atom is -0.481 e. The quantitative estimate of drug-likeness (QED) is 0.587. The van der Waals surface area contributed by atoms with Crippen LogP contribution in [0.3, 0.4) is 0 Å². The lowest BCUT2D eigenvalue weighted by Gasteiger charge is -2.17. The van der Waals surface area contributed by atoms with Gasteiger partial charge in [0.15, 0.2) is 0 Å². The number of carbonyl (C=O) groups is 1. The Balaban J connectivity index is 2.95. The van der Waals surface area contributed by atoms with Crippen LogP contribution in [-0.2, 0) is 4.79 Å². The van der Waals surface area contributed by atoms with Gasteiger partial charge in [0.2, 0.25) is 0 Å². The van der Waals surface area contributed by atoms with E-state index in [-0.39, 0.29) is 12.1 Å². The van der Waals surface area contributed by atoms with Crippen LogP contribution in [0.25, 0.3) is 0 Å². The molecule has 0 aliphatic carbocycles. The SMILES string of the molecule is CCCC(CC(=O)O)Nc1ccc(F)cc1[N+](=O)[O-]. The van der Waals surface area contributed by atoms with Crippen molar-refractivity contribution in [1.29, 1.82) is 0 Å². The maximum Gasteiger partial charge on any atom is 0.305 e. The van der Waals surface area contributed by atoms with Crippen LogP contribution in [0.4, 0.5) is 15.8 Å². The third-order valence-electron chi connectivity index (χ3n) is 2.57. The van der Waals surface area contributed by atoms with Gasteiger partial charge in [0.05, 0.1) is 17.4 Å². The highest BCUT2D eigenvalue weighted by molar-refractivity contribution is 5.69. The van der Waals surface area contributed by atoms with Crippen LogP contribution in [0.1, 0.15) is 26.2 Å². The van der Waals surface area contributed by atoms with Gasteiger partial charge < -0.3 is 10.4 Å². The fourth-order valence-electron chi connectivity index (χ4n) is 1.78. The zero-order valence-corrected chi connectivity index (χ0v) is 10.4. The number of hydrogen-bond acceptors (Lipinski definition) is 4. The summed E-state index contributed by atoms with van der Waals surface area (Å²) in [5, 5.41) is 22.4. The van der Waals surface area contributed by atoms with Crippen molar-refractivity contribution in [3.8, 4) is 0 Å². The predicted octanol–water partition coefficient (Wildman–Crippen LogP) is 2.79. The third-order valence-corrected chi connectivity index (χ3v) is 2.57. The van der Waals surface area contributed by atoms with Crippen LogP contribution >= 0.6 is 0 Å². The fourth-order valence-corrected chi connectivity index (χ4v) is 1.78. The van der Waals surface area contributed by atoms with E-state index < -0.39 is 28.4 Å². The Kier molecular flexibility index (Phi) is 5.23. The summed E-state index contributed by atoms with van der Waals surface area (Å²) >= 11 is 0. The Morgan fingerprint density at radius 3 is 2.79 bits per heavy atom. The smallest absolute Gasteiger partial charge is 0.305 e. The van der Waals surface area contributed by atoms with Crippen LogP contribution in [0, 0.1) is 15.9 Å². The van der Waals surface area contributed by atoms with Gasteiger partial charge in [-0.1, -0.05) is 13.3 Å². The molecular formula is C12H15FN2O4. The van der Waals surface area contributed by atoms with Gasteiger partial charge in [-0.2, -0.15) is 0 Å². The van der Waals surface area contributed by atoms with Crippen molar-refractivity contribution in [3.05, 3.63) is 34.1 Å². The van der Waals surface area contributed by atoms with Gasteiger partial charge in [-0.25, -0.2) is 4.39 Å². The zero-order valence-electron chi connectivity index (χ0n) is 10.4. The molecule has 0 spiro atoms. The summed E-state index contributed by atoms with van der Waals surface area (Å²) in [7, 11) is 0. The number of nitrogens with one attached hydrogen (secondary N) is 1. The predicted molar refractivity (Wildman–Crippen MR) is 67.6 cm³/mol. The number of aliphatic carboxylic acids is 1. The molecule has 1 unspecified atom stereocenters. The second-order valence-electron chi connectivity index (χ2n) is 4.15. The first-order valence-corrected chi connectivity index (χ1v) is 5.86. The second kappa shape index (κ2) is 6.67. The number of rotatable bonds is 7. The van der Waals surface area contributed by atoms with E-state index in [1.807, 2.05) is 6.92 Å². The fraction of sp³-hybridized carbons (Fsp3) is 0.417. The minimum absolute atomic E-state index is 0.131. The van der Waals surface area contributed by atoms with Crippen molar-refractivity contribution < 1.29 is 19.2 Å². The molecule has 1 rings (SSSR count). The Morgan fingerprint density at radius 1 is 1.58 bits per heavy atom. The second-order valence-corrected chi connectivity index (χ2v) is 4.15. The van der Waals surface area contributed by atoms with Crippen molar-refractivity contribution in [2.75, 3.05) is 5.32 Å². The van der Waals surface area contributed by atoms with Gasteiger partial charge in [0.25, 0.3) is 5.69 Å². The molecule has 104 valence electrons. The average molecular weight is 270 g/mol. The average Bonchev–Trinajstić information content (AvgIpc) is 2.30. The van der Waals surface area contributed by atoms with E-state index in [1.165, 1.54) is 6.07 Å². The molecule has 1 aromatic rings. The number of nitrogens with zero attached hydrogens (tertiary/aromatic N) is 1. The number of halogens is 1. The van der Waals surface area contributed by atoms with E-state index in [0.29, 0.717) is 6.42 Å². The molecule has 0 radical (unpaired) electrons. The van der Waals surface area contributed by atoms with Crippen molar-refractivity contribution >= 4 is 17.3 Å². The third kappa shape index (κ3) is 4.53. The minimum atomic E-state index is -0.990. The Bertz CT molecular complexity index is 479. The van der Waals surface area contributed by atoms with Crippen molar-refractivity contribution in [1.82, 2.24) is 0 Å². The Morgan fingerprint density at radius 2 is 2.26 bits per heavy atom. The van der Waals surface area contributed by atoms with E-state index in [0.717, 1.165) is 18.6 Å². The summed E-state index contributed by atoms with van der Waals surface area (Å²) < 4.78 is 13.0. The van der Waals surface area contributed by atoms with Crippen LogP contribution in [0.2, 0.25) is 0 Å². The lowest BCUT2D eigenvalue weighted by atomic mass is 10.1. The molecule has 0 aliphatic heterocycles. The van der Waals surface area contributed by atoms with Gasteiger partial charge in [-0.15, -0.1) is 0 Å². The number of nitro benzene ring substituents is 1. The summed E-state index contributed by atoms with van der Waals surface area (Å²) in [5.41, 5.74) is -0.266. The number of carboxylic acids is 1. The molecule has 0 fully saturated rings. The van der Waals surface area contributed by atoms with Crippen molar-refractivity contribution in [2.45, 2.75) is 32.2 Å². The monoisotopic (exact) mass is 270 g/mol. The number of benzene rings is 1. The standard InChI is InChI=1S/C12H15FN2O4/c1-2-3-9(7-12(16)17)14-10-5-4-8(13)6-11(10)15(18)19/h4-6,9,14H,2-3,7H2,1H3,(H,16,17). The topological polar surface area (TPSA) is 92.5 Å². The van der Waals surface area contributed by atoms with Gasteiger partial charge in [-0.3, -0.25) is 14.9 Å². The van der Waals surface area contributed by atoms with Gasteiger partial charge >= 0.3 is 5.97 Å². The number of nitro groups is 1. The lowest BCUT2D eigenvalue weighted by Crippen LogP contribution is -2.23. The van der Waals surface area contributed by atoms with Gasteiger partial charge in [0, 0.05) is 6.04 Å². The van der Waals surface area contributed by atoms with E-state index in [1.54, 1.807) is 0 Å². The molecular weight excluding hydrogens is 255 g/mol. The van der Waals surface area contributed by atoms with E-state index in [2.05, 4.69) is 5.32 Å². The highest BCUT2D eigenvalue weighted by atomic mass is 19.1. The molecule has 7 heteroatoms. The molecule has 0 saturated heterocycles. The molecule has 0 bridgehead atoms. The normalized spacial score (nSPS) is 11.9. The zero-order chi connectivity index (χ0) is 14.4. The van der Waals surface area contributed by atoms with Crippen LogP contribution < -0.4 is 5.32 Å². The molecule has 0 saturated carbocycles.